The summed E-state index contributed by atoms with van der Waals surface area (Å²) in [5.41, 5.74) is 1.52. The first-order valence-electron chi connectivity index (χ1n) is 11.6. The lowest BCUT2D eigenvalue weighted by Crippen LogP contribution is -2.78. The first-order valence-corrected chi connectivity index (χ1v) is 11.6. The Morgan fingerprint density at radius 2 is 2.19 bits per heavy atom. The molecule has 1 aromatic rings. The number of phenolic OH excluding ortho intramolecular Hbond substituents is 1. The van der Waals surface area contributed by atoms with E-state index in [0.29, 0.717) is 5.75 Å². The summed E-state index contributed by atoms with van der Waals surface area (Å²) in [7, 11) is 3.98. The monoisotopic (exact) mass is 430 g/mol. The Balaban J connectivity index is 1.64. The number of methoxy groups -OCH3 is 1. The molecule has 31 heavy (non-hydrogen) atoms. The normalized spacial score (nSPS) is 37.6. The molecule has 7 nitrogen and oxygen atoms in total. The quantitative estimate of drug-likeness (QED) is 0.638. The predicted molar refractivity (Wildman–Crippen MR) is 116 cm³/mol. The van der Waals surface area contributed by atoms with E-state index in [4.69, 9.17) is 9.47 Å². The van der Waals surface area contributed by atoms with Gasteiger partial charge in [-0.3, -0.25) is 10.1 Å². The minimum absolute atomic E-state index is 0.00782. The smallest absolute Gasteiger partial charge is 0.320 e. The number of aliphatic carboxylic acids is 1. The molecule has 2 unspecified atom stereocenters. The van der Waals surface area contributed by atoms with Crippen LogP contribution in [0.5, 0.6) is 11.5 Å². The van der Waals surface area contributed by atoms with E-state index in [2.05, 4.69) is 17.3 Å². The third kappa shape index (κ3) is 2.54. The molecular formula is C24H34N2O5. The van der Waals surface area contributed by atoms with Crippen molar-refractivity contribution in [3.8, 4) is 11.5 Å². The second-order valence-corrected chi connectivity index (χ2v) is 10.0. The predicted octanol–water partition coefficient (Wildman–Crippen LogP) is 2.29. The van der Waals surface area contributed by atoms with Crippen molar-refractivity contribution in [2.75, 3.05) is 20.7 Å². The van der Waals surface area contributed by atoms with Crippen molar-refractivity contribution in [2.24, 2.45) is 5.92 Å². The van der Waals surface area contributed by atoms with E-state index in [1.165, 1.54) is 5.56 Å². The number of aromatic hydroxyl groups is 1. The van der Waals surface area contributed by atoms with Crippen LogP contribution in [0.3, 0.4) is 0 Å². The van der Waals surface area contributed by atoms with Gasteiger partial charge in [-0.05, 0) is 56.8 Å². The minimum atomic E-state index is -0.820. The lowest BCUT2D eigenvalue weighted by molar-refractivity contribution is -0.204. The summed E-state index contributed by atoms with van der Waals surface area (Å²) in [4.78, 5) is 14.5. The van der Waals surface area contributed by atoms with Gasteiger partial charge in [-0.2, -0.15) is 0 Å². The van der Waals surface area contributed by atoms with E-state index < -0.39 is 23.0 Å². The largest absolute Gasteiger partial charge is 0.504 e. The molecule has 4 aliphatic rings. The van der Waals surface area contributed by atoms with Gasteiger partial charge in [-0.1, -0.05) is 26.3 Å². The number of phenols is 1. The van der Waals surface area contributed by atoms with Crippen molar-refractivity contribution in [3.05, 3.63) is 23.3 Å². The molecule has 5 rings (SSSR count). The molecule has 1 spiro atoms. The fourth-order valence-electron chi connectivity index (χ4n) is 7.26. The van der Waals surface area contributed by atoms with Gasteiger partial charge in [0.15, 0.2) is 11.5 Å². The highest BCUT2D eigenvalue weighted by Gasteiger charge is 2.73. The van der Waals surface area contributed by atoms with Gasteiger partial charge in [0.2, 0.25) is 0 Å². The Bertz CT molecular complexity index is 906. The third-order valence-corrected chi connectivity index (χ3v) is 8.93. The number of nitrogens with one attached hydrogen (secondary N) is 1. The Hall–Kier alpha value is -1.83. The molecule has 7 atom stereocenters. The molecule has 1 saturated carbocycles. The molecule has 0 aromatic heterocycles. The fraction of sp³-hybridized carbons (Fsp3) is 0.708. The Morgan fingerprint density at radius 3 is 2.87 bits per heavy atom. The van der Waals surface area contributed by atoms with Crippen LogP contribution in [0, 0.1) is 5.92 Å². The summed E-state index contributed by atoms with van der Waals surface area (Å²) in [5, 5.41) is 24.1. The summed E-state index contributed by atoms with van der Waals surface area (Å²) in [5.74, 6) is -0.0655. The van der Waals surface area contributed by atoms with Gasteiger partial charge in [-0.15, -0.1) is 0 Å². The van der Waals surface area contributed by atoms with Gasteiger partial charge in [0.1, 0.15) is 12.1 Å². The minimum Gasteiger partial charge on any atom is -0.504 e. The molecule has 1 aromatic carbocycles. The molecule has 0 radical (unpaired) electrons. The van der Waals surface area contributed by atoms with E-state index in [0.717, 1.165) is 44.2 Å². The number of likely N-dealkylation sites (N-methyl/N-ethyl adjacent to an activating group) is 1. The van der Waals surface area contributed by atoms with Crippen molar-refractivity contribution in [2.45, 2.75) is 81.2 Å². The Kier molecular flexibility index (Phi) is 4.81. The van der Waals surface area contributed by atoms with Gasteiger partial charge in [-0.25, -0.2) is 0 Å². The zero-order chi connectivity index (χ0) is 22.1. The lowest BCUT2D eigenvalue weighted by Gasteiger charge is -2.65. The summed E-state index contributed by atoms with van der Waals surface area (Å²) in [6.07, 6.45) is 3.85. The molecule has 7 heteroatoms. The lowest BCUT2D eigenvalue weighted by atomic mass is 9.48. The van der Waals surface area contributed by atoms with Gasteiger partial charge >= 0.3 is 5.97 Å². The van der Waals surface area contributed by atoms with E-state index >= 15 is 0 Å². The van der Waals surface area contributed by atoms with Crippen molar-refractivity contribution in [1.29, 1.82) is 0 Å². The molecule has 170 valence electrons. The highest BCUT2D eigenvalue weighted by atomic mass is 16.5. The summed E-state index contributed by atoms with van der Waals surface area (Å²) in [6.45, 7) is 4.92. The van der Waals surface area contributed by atoms with Crippen molar-refractivity contribution in [3.63, 3.8) is 0 Å². The Morgan fingerprint density at radius 1 is 1.42 bits per heavy atom. The molecule has 1 saturated heterocycles. The standard InChI is InChI=1S/C24H34N2O5/c1-5-13(2)19(22(28)29)25-15-8-9-24(30-4)17-12-14-6-7-16(27)20-18(14)23(24,21(15)31-20)10-11-26(17)3/h6-7,13,15,17,19,21,25,27H,5,8-12H2,1-4H3,(H,28,29)/t13-,15+,17?,19-,21-,23?,24+/m0/s1. The summed E-state index contributed by atoms with van der Waals surface area (Å²) >= 11 is 0. The van der Waals surface area contributed by atoms with Crippen molar-refractivity contribution < 1.29 is 24.5 Å². The van der Waals surface area contributed by atoms with Crippen LogP contribution < -0.4 is 10.1 Å². The van der Waals surface area contributed by atoms with E-state index in [1.54, 1.807) is 6.07 Å². The van der Waals surface area contributed by atoms with Gasteiger partial charge in [0, 0.05) is 24.8 Å². The van der Waals surface area contributed by atoms with Crippen molar-refractivity contribution in [1.82, 2.24) is 10.2 Å². The van der Waals surface area contributed by atoms with Crippen LogP contribution in [-0.2, 0) is 21.4 Å². The SMILES string of the molecule is CC[C@H](C)[C@H](N[C@@H]1CC[C@@]2(OC)C3Cc4ccc(O)c5c4C2(CCN3C)[C@H]1O5)C(=O)O. The maximum atomic E-state index is 12.1. The number of hydrogen-bond donors (Lipinski definition) is 3. The van der Waals surface area contributed by atoms with Crippen LogP contribution >= 0.6 is 0 Å². The van der Waals surface area contributed by atoms with E-state index in [1.807, 2.05) is 27.0 Å². The number of likely N-dealkylation sites (tertiary alicyclic amines) is 1. The zero-order valence-corrected chi connectivity index (χ0v) is 18.9. The van der Waals surface area contributed by atoms with E-state index in [9.17, 15) is 15.0 Å². The van der Waals surface area contributed by atoms with Gasteiger partial charge < -0.3 is 24.6 Å². The number of benzene rings is 1. The molecule has 2 bridgehead atoms. The molecule has 2 aliphatic carbocycles. The van der Waals surface area contributed by atoms with Crippen LogP contribution in [0.25, 0.3) is 0 Å². The molecular weight excluding hydrogens is 396 g/mol. The summed E-state index contributed by atoms with van der Waals surface area (Å²) < 4.78 is 13.0. The van der Waals surface area contributed by atoms with Crippen LogP contribution in [0.4, 0.5) is 0 Å². The molecule has 3 N–H and O–H groups in total. The number of carboxylic acids is 1. The highest BCUT2D eigenvalue weighted by molar-refractivity contribution is 5.74. The highest BCUT2D eigenvalue weighted by Crippen LogP contribution is 2.66. The maximum Gasteiger partial charge on any atom is 0.320 e. The number of ether oxygens (including phenoxy) is 2. The topological polar surface area (TPSA) is 91.3 Å². The van der Waals surface area contributed by atoms with Gasteiger partial charge in [0.25, 0.3) is 0 Å². The fourth-order valence-corrected chi connectivity index (χ4v) is 7.26. The number of rotatable bonds is 6. The molecule has 2 fully saturated rings. The third-order valence-electron chi connectivity index (χ3n) is 8.93. The van der Waals surface area contributed by atoms with Crippen LogP contribution in [-0.4, -0.2) is 71.6 Å². The van der Waals surface area contributed by atoms with Crippen molar-refractivity contribution >= 4 is 5.97 Å². The number of carboxylic acid groups (broad SMARTS) is 1. The Labute approximate surface area is 183 Å². The van der Waals surface area contributed by atoms with Gasteiger partial charge in [0.05, 0.1) is 11.0 Å². The maximum absolute atomic E-state index is 12.1. The first-order chi connectivity index (χ1) is 14.8. The second kappa shape index (κ2) is 7.09. The number of piperidine rings is 1. The van der Waals surface area contributed by atoms with Crippen LogP contribution in [0.1, 0.15) is 50.7 Å². The average Bonchev–Trinajstić information content (AvgIpc) is 3.12. The second-order valence-electron chi connectivity index (χ2n) is 10.0. The zero-order valence-electron chi connectivity index (χ0n) is 18.9. The number of carbonyl (C=O) groups is 1. The molecule has 2 aliphatic heterocycles. The number of hydrogen-bond acceptors (Lipinski definition) is 6. The van der Waals surface area contributed by atoms with Crippen LogP contribution in [0.2, 0.25) is 0 Å². The average molecular weight is 431 g/mol. The molecule has 0 amide bonds. The summed E-state index contributed by atoms with van der Waals surface area (Å²) in [6, 6.07) is 3.24. The van der Waals surface area contributed by atoms with Crippen LogP contribution in [0.15, 0.2) is 12.1 Å². The number of nitrogens with zero attached hydrogens (tertiary/aromatic N) is 1. The first kappa shape index (κ1) is 21.0. The van der Waals surface area contributed by atoms with E-state index in [-0.39, 0.29) is 29.9 Å². The molecule has 2 heterocycles.